The first-order valence-electron chi connectivity index (χ1n) is 5.72. The minimum absolute atomic E-state index is 0.161. The van der Waals surface area contributed by atoms with Gasteiger partial charge in [0, 0.05) is 18.3 Å². The van der Waals surface area contributed by atoms with E-state index in [-0.39, 0.29) is 5.91 Å². The largest absolute Gasteiger partial charge is 0.496 e. The number of nitrogens with zero attached hydrogens (tertiary/aromatic N) is 1. The van der Waals surface area contributed by atoms with Crippen molar-refractivity contribution in [1.29, 1.82) is 0 Å². The Morgan fingerprint density at radius 2 is 2.11 bits per heavy atom. The van der Waals surface area contributed by atoms with Crippen LogP contribution >= 0.6 is 15.9 Å². The van der Waals surface area contributed by atoms with Crippen molar-refractivity contribution in [2.75, 3.05) is 7.11 Å². The standard InChI is InChI=1S/C14H13BrN2O2/c1-19-12-5-3-2-4-10(12)8-17-14(18)11-6-7-13(15)16-9-11/h2-7,9H,8H2,1H3,(H,17,18). The van der Waals surface area contributed by atoms with Gasteiger partial charge in [-0.25, -0.2) is 4.98 Å². The normalized spacial score (nSPS) is 10.0. The molecule has 0 aliphatic heterocycles. The van der Waals surface area contributed by atoms with Crippen LogP contribution < -0.4 is 10.1 Å². The van der Waals surface area contributed by atoms with Crippen LogP contribution in [0.15, 0.2) is 47.2 Å². The van der Waals surface area contributed by atoms with Gasteiger partial charge in [-0.1, -0.05) is 18.2 Å². The third-order valence-electron chi connectivity index (χ3n) is 2.62. The highest BCUT2D eigenvalue weighted by Crippen LogP contribution is 2.16. The summed E-state index contributed by atoms with van der Waals surface area (Å²) in [5, 5.41) is 2.84. The van der Waals surface area contributed by atoms with Crippen LogP contribution in [0.25, 0.3) is 0 Å². The fourth-order valence-electron chi connectivity index (χ4n) is 1.64. The minimum Gasteiger partial charge on any atom is -0.496 e. The summed E-state index contributed by atoms with van der Waals surface area (Å²) in [7, 11) is 1.61. The molecule has 1 N–H and O–H groups in total. The van der Waals surface area contributed by atoms with Gasteiger partial charge in [0.25, 0.3) is 5.91 Å². The number of halogens is 1. The topological polar surface area (TPSA) is 51.2 Å². The average Bonchev–Trinajstić information content (AvgIpc) is 2.45. The van der Waals surface area contributed by atoms with Gasteiger partial charge in [-0.05, 0) is 34.1 Å². The zero-order valence-corrected chi connectivity index (χ0v) is 12.0. The highest BCUT2D eigenvalue weighted by Gasteiger charge is 2.07. The molecule has 1 aromatic heterocycles. The smallest absolute Gasteiger partial charge is 0.253 e. The van der Waals surface area contributed by atoms with Crippen molar-refractivity contribution in [3.05, 3.63) is 58.3 Å². The number of amides is 1. The maximum Gasteiger partial charge on any atom is 0.253 e. The number of hydrogen-bond acceptors (Lipinski definition) is 3. The Labute approximate surface area is 119 Å². The molecular formula is C14H13BrN2O2. The van der Waals surface area contributed by atoms with Gasteiger partial charge < -0.3 is 10.1 Å². The molecule has 0 unspecified atom stereocenters. The molecule has 0 spiro atoms. The van der Waals surface area contributed by atoms with Gasteiger partial charge in [0.1, 0.15) is 10.4 Å². The second-order valence-corrected chi connectivity index (χ2v) is 4.68. The van der Waals surface area contributed by atoms with Crippen LogP contribution in [0.3, 0.4) is 0 Å². The number of benzene rings is 1. The predicted octanol–water partition coefficient (Wildman–Crippen LogP) is 2.78. The lowest BCUT2D eigenvalue weighted by atomic mass is 10.2. The molecule has 1 aromatic carbocycles. The summed E-state index contributed by atoms with van der Waals surface area (Å²) in [5.41, 5.74) is 1.46. The number of aromatic nitrogens is 1. The maximum absolute atomic E-state index is 11.9. The quantitative estimate of drug-likeness (QED) is 0.881. The molecule has 0 aliphatic carbocycles. The van der Waals surface area contributed by atoms with Crippen LogP contribution in [0, 0.1) is 0 Å². The van der Waals surface area contributed by atoms with Gasteiger partial charge in [0.15, 0.2) is 0 Å². The summed E-state index contributed by atoms with van der Waals surface area (Å²) >= 11 is 3.23. The summed E-state index contributed by atoms with van der Waals surface area (Å²) in [6.07, 6.45) is 1.53. The van der Waals surface area contributed by atoms with Gasteiger partial charge in [-0.3, -0.25) is 4.79 Å². The summed E-state index contributed by atoms with van der Waals surface area (Å²) in [4.78, 5) is 15.9. The molecule has 0 radical (unpaired) electrons. The number of ether oxygens (including phenoxy) is 1. The molecule has 1 amide bonds. The first kappa shape index (κ1) is 13.5. The fraction of sp³-hybridized carbons (Fsp3) is 0.143. The second-order valence-electron chi connectivity index (χ2n) is 3.86. The monoisotopic (exact) mass is 320 g/mol. The van der Waals surface area contributed by atoms with Gasteiger partial charge in [0.2, 0.25) is 0 Å². The first-order chi connectivity index (χ1) is 9.20. The van der Waals surface area contributed by atoms with E-state index in [1.165, 1.54) is 6.20 Å². The molecule has 19 heavy (non-hydrogen) atoms. The Morgan fingerprint density at radius 3 is 2.79 bits per heavy atom. The van der Waals surface area contributed by atoms with E-state index < -0.39 is 0 Å². The molecule has 0 bridgehead atoms. The zero-order valence-electron chi connectivity index (χ0n) is 10.4. The van der Waals surface area contributed by atoms with Gasteiger partial charge in [0.05, 0.1) is 12.7 Å². The summed E-state index contributed by atoms with van der Waals surface area (Å²) < 4.78 is 5.93. The lowest BCUT2D eigenvalue weighted by Gasteiger charge is -2.09. The molecule has 5 heteroatoms. The second kappa shape index (κ2) is 6.33. The molecule has 0 aliphatic rings. The lowest BCUT2D eigenvalue weighted by molar-refractivity contribution is 0.0950. The van der Waals surface area contributed by atoms with E-state index >= 15 is 0 Å². The van der Waals surface area contributed by atoms with Crippen molar-refractivity contribution >= 4 is 21.8 Å². The van der Waals surface area contributed by atoms with E-state index in [1.54, 1.807) is 19.2 Å². The van der Waals surface area contributed by atoms with Crippen LogP contribution in [0.2, 0.25) is 0 Å². The number of rotatable bonds is 4. The van der Waals surface area contributed by atoms with Gasteiger partial charge >= 0.3 is 0 Å². The molecule has 98 valence electrons. The maximum atomic E-state index is 11.9. The fourth-order valence-corrected chi connectivity index (χ4v) is 1.87. The number of para-hydroxylation sites is 1. The van der Waals surface area contributed by atoms with E-state index in [4.69, 9.17) is 4.74 Å². The Bertz CT molecular complexity index is 570. The number of carbonyl (C=O) groups excluding carboxylic acids is 1. The Hall–Kier alpha value is -1.88. The molecule has 2 rings (SSSR count). The van der Waals surface area contributed by atoms with Crippen LogP contribution in [0.4, 0.5) is 0 Å². The number of pyridine rings is 1. The van der Waals surface area contributed by atoms with E-state index in [2.05, 4.69) is 26.2 Å². The average molecular weight is 321 g/mol. The van der Waals surface area contributed by atoms with E-state index in [0.29, 0.717) is 16.7 Å². The third kappa shape index (κ3) is 3.54. The molecule has 0 saturated heterocycles. The van der Waals surface area contributed by atoms with E-state index in [9.17, 15) is 4.79 Å². The highest BCUT2D eigenvalue weighted by molar-refractivity contribution is 9.10. The Kier molecular flexibility index (Phi) is 4.52. The number of hydrogen-bond donors (Lipinski definition) is 1. The van der Waals surface area contributed by atoms with Crippen LogP contribution in [0.5, 0.6) is 5.75 Å². The number of methoxy groups -OCH3 is 1. The van der Waals surface area contributed by atoms with Crippen molar-refractivity contribution < 1.29 is 9.53 Å². The highest BCUT2D eigenvalue weighted by atomic mass is 79.9. The predicted molar refractivity (Wildman–Crippen MR) is 76.1 cm³/mol. The SMILES string of the molecule is COc1ccccc1CNC(=O)c1ccc(Br)nc1. The van der Waals surface area contributed by atoms with Crippen molar-refractivity contribution in [3.63, 3.8) is 0 Å². The van der Waals surface area contributed by atoms with Crippen LogP contribution in [-0.4, -0.2) is 18.0 Å². The molecule has 0 fully saturated rings. The molecule has 0 atom stereocenters. The summed E-state index contributed by atoms with van der Waals surface area (Å²) in [6, 6.07) is 11.0. The zero-order chi connectivity index (χ0) is 13.7. The number of carbonyl (C=O) groups is 1. The summed E-state index contributed by atoms with van der Waals surface area (Å²) in [5.74, 6) is 0.600. The minimum atomic E-state index is -0.161. The van der Waals surface area contributed by atoms with Crippen molar-refractivity contribution in [3.8, 4) is 5.75 Å². The van der Waals surface area contributed by atoms with Gasteiger partial charge in [-0.15, -0.1) is 0 Å². The van der Waals surface area contributed by atoms with E-state index in [1.807, 2.05) is 24.3 Å². The number of nitrogens with one attached hydrogen (secondary N) is 1. The van der Waals surface area contributed by atoms with Crippen molar-refractivity contribution in [2.24, 2.45) is 0 Å². The third-order valence-corrected chi connectivity index (χ3v) is 3.09. The van der Waals surface area contributed by atoms with Crippen molar-refractivity contribution in [1.82, 2.24) is 10.3 Å². The lowest BCUT2D eigenvalue weighted by Crippen LogP contribution is -2.23. The summed E-state index contributed by atoms with van der Waals surface area (Å²) in [6.45, 7) is 0.416. The van der Waals surface area contributed by atoms with Crippen molar-refractivity contribution in [2.45, 2.75) is 6.54 Å². The van der Waals surface area contributed by atoms with Crippen LogP contribution in [0.1, 0.15) is 15.9 Å². The van der Waals surface area contributed by atoms with E-state index in [0.717, 1.165) is 11.3 Å². The first-order valence-corrected chi connectivity index (χ1v) is 6.51. The molecule has 4 nitrogen and oxygen atoms in total. The Balaban J connectivity index is 2.02. The molecule has 1 heterocycles. The van der Waals surface area contributed by atoms with Crippen LogP contribution in [-0.2, 0) is 6.54 Å². The Morgan fingerprint density at radius 1 is 1.32 bits per heavy atom. The molecular weight excluding hydrogens is 308 g/mol. The molecule has 2 aromatic rings. The molecule has 0 saturated carbocycles. The van der Waals surface area contributed by atoms with Gasteiger partial charge in [-0.2, -0.15) is 0 Å².